The average Bonchev–Trinajstić information content (AvgIpc) is 2.30. The maximum atomic E-state index is 3.87. The Labute approximate surface area is 82.0 Å². The Hall–Kier alpha value is -0.780. The lowest BCUT2D eigenvalue weighted by Crippen LogP contribution is -2.04. The van der Waals surface area contributed by atoms with E-state index in [2.05, 4.69) is 41.2 Å². The van der Waals surface area contributed by atoms with Crippen LogP contribution in [0.5, 0.6) is 0 Å². The lowest BCUT2D eigenvalue weighted by Gasteiger charge is -2.16. The minimum Gasteiger partial charge on any atom is -0.102 e. The third kappa shape index (κ3) is 1.50. The van der Waals surface area contributed by atoms with E-state index >= 15 is 0 Å². The molecule has 1 aliphatic carbocycles. The van der Waals surface area contributed by atoms with E-state index in [9.17, 15) is 0 Å². The van der Waals surface area contributed by atoms with Crippen LogP contribution in [-0.2, 0) is 0 Å². The van der Waals surface area contributed by atoms with Crippen LogP contribution >= 0.6 is 0 Å². The minimum absolute atomic E-state index is 0.516. The molecule has 1 aliphatic rings. The average molecular weight is 176 g/mol. The third-order valence-corrected chi connectivity index (χ3v) is 3.55. The molecule has 0 aromatic rings. The van der Waals surface area contributed by atoms with E-state index in [1.807, 2.05) is 6.08 Å². The highest BCUT2D eigenvalue weighted by molar-refractivity contribution is 5.48. The van der Waals surface area contributed by atoms with Crippen molar-refractivity contribution in [2.24, 2.45) is 11.8 Å². The summed E-state index contributed by atoms with van der Waals surface area (Å²) in [5.41, 5.74) is 6.06. The summed E-state index contributed by atoms with van der Waals surface area (Å²) < 4.78 is 0. The molecule has 2 atom stereocenters. The molecule has 0 radical (unpaired) electrons. The highest BCUT2D eigenvalue weighted by Crippen LogP contribution is 2.40. The predicted molar refractivity (Wildman–Crippen MR) is 59.6 cm³/mol. The zero-order valence-corrected chi connectivity index (χ0v) is 9.44. The Balaban J connectivity index is 3.10. The molecule has 72 valence electrons. The van der Waals surface area contributed by atoms with Crippen LogP contribution in [0.2, 0.25) is 0 Å². The molecule has 0 spiro atoms. The number of hydrogen-bond donors (Lipinski definition) is 0. The van der Waals surface area contributed by atoms with Gasteiger partial charge in [-0.3, -0.25) is 0 Å². The molecule has 13 heavy (non-hydrogen) atoms. The molecule has 0 amide bonds. The van der Waals surface area contributed by atoms with Crippen LogP contribution in [0.3, 0.4) is 0 Å². The number of rotatable bonds is 2. The first-order valence-electron chi connectivity index (χ1n) is 5.01. The van der Waals surface area contributed by atoms with Gasteiger partial charge in [0.2, 0.25) is 0 Å². The fraction of sp³-hybridized carbons (Fsp3) is 0.538. The van der Waals surface area contributed by atoms with Crippen molar-refractivity contribution in [2.45, 2.75) is 34.6 Å². The first-order chi connectivity index (χ1) is 6.00. The van der Waals surface area contributed by atoms with Crippen LogP contribution < -0.4 is 0 Å². The molecule has 0 N–H and O–H groups in total. The Morgan fingerprint density at radius 2 is 1.77 bits per heavy atom. The van der Waals surface area contributed by atoms with Crippen molar-refractivity contribution < 1.29 is 0 Å². The van der Waals surface area contributed by atoms with Crippen molar-refractivity contribution in [2.75, 3.05) is 0 Å². The van der Waals surface area contributed by atoms with Crippen LogP contribution in [0.4, 0.5) is 0 Å². The summed E-state index contributed by atoms with van der Waals surface area (Å²) in [7, 11) is 0. The van der Waals surface area contributed by atoms with E-state index in [0.717, 1.165) is 0 Å². The summed E-state index contributed by atoms with van der Waals surface area (Å²) in [5, 5.41) is 0. The zero-order valence-electron chi connectivity index (χ0n) is 9.44. The van der Waals surface area contributed by atoms with Gasteiger partial charge in [-0.25, -0.2) is 0 Å². The second-order valence-electron chi connectivity index (χ2n) is 4.13. The summed E-state index contributed by atoms with van der Waals surface area (Å²) in [6.07, 6.45) is 2.04. The molecule has 0 aromatic heterocycles. The van der Waals surface area contributed by atoms with E-state index in [0.29, 0.717) is 11.8 Å². The lowest BCUT2D eigenvalue weighted by molar-refractivity contribution is 0.697. The molecule has 2 unspecified atom stereocenters. The summed E-state index contributed by atoms with van der Waals surface area (Å²) in [6, 6.07) is 0. The topological polar surface area (TPSA) is 0 Å². The first-order valence-corrected chi connectivity index (χ1v) is 5.01. The van der Waals surface area contributed by atoms with Crippen molar-refractivity contribution in [3.63, 3.8) is 0 Å². The summed E-state index contributed by atoms with van der Waals surface area (Å²) in [6.45, 7) is 15.1. The van der Waals surface area contributed by atoms with Crippen LogP contribution in [0.15, 0.2) is 34.9 Å². The molecule has 1 rings (SSSR count). The molecular weight excluding hydrogens is 156 g/mol. The highest BCUT2D eigenvalue weighted by Gasteiger charge is 2.25. The van der Waals surface area contributed by atoms with Gasteiger partial charge in [-0.15, -0.1) is 6.58 Å². The fourth-order valence-electron chi connectivity index (χ4n) is 2.26. The number of hydrogen-bond acceptors (Lipinski definition) is 0. The van der Waals surface area contributed by atoms with Crippen molar-refractivity contribution in [3.05, 3.63) is 34.9 Å². The molecule has 0 heteroatoms. The lowest BCUT2D eigenvalue weighted by atomic mass is 9.88. The zero-order chi connectivity index (χ0) is 10.2. The normalized spacial score (nSPS) is 25.5. The van der Waals surface area contributed by atoms with Gasteiger partial charge in [0.05, 0.1) is 0 Å². The molecule has 0 aliphatic heterocycles. The van der Waals surface area contributed by atoms with E-state index in [1.54, 1.807) is 5.57 Å². The van der Waals surface area contributed by atoms with Crippen LogP contribution in [0.1, 0.15) is 34.6 Å². The van der Waals surface area contributed by atoms with E-state index in [4.69, 9.17) is 0 Å². The second-order valence-corrected chi connectivity index (χ2v) is 4.13. The SMILES string of the molecule is C=CC(C)C1=C(C)C(C)=C(C)C1C. The maximum absolute atomic E-state index is 3.87. The maximum Gasteiger partial charge on any atom is -0.000676 e. The van der Waals surface area contributed by atoms with Gasteiger partial charge in [0.25, 0.3) is 0 Å². The Kier molecular flexibility index (Phi) is 2.80. The van der Waals surface area contributed by atoms with E-state index in [1.165, 1.54) is 16.7 Å². The van der Waals surface area contributed by atoms with Gasteiger partial charge < -0.3 is 0 Å². The Bertz CT molecular complexity index is 289. The molecule has 0 nitrogen and oxygen atoms in total. The Morgan fingerprint density at radius 1 is 1.23 bits per heavy atom. The van der Waals surface area contributed by atoms with Gasteiger partial charge in [-0.05, 0) is 43.8 Å². The van der Waals surface area contributed by atoms with Crippen LogP contribution in [-0.4, -0.2) is 0 Å². The van der Waals surface area contributed by atoms with Crippen LogP contribution in [0, 0.1) is 11.8 Å². The molecule has 0 saturated heterocycles. The van der Waals surface area contributed by atoms with Gasteiger partial charge in [-0.1, -0.05) is 31.1 Å². The minimum atomic E-state index is 0.516. The molecule has 0 saturated carbocycles. The van der Waals surface area contributed by atoms with Crippen LogP contribution in [0.25, 0.3) is 0 Å². The molecule has 0 aromatic carbocycles. The third-order valence-electron chi connectivity index (χ3n) is 3.55. The number of allylic oxidation sites excluding steroid dienone is 5. The molecular formula is C13H20. The standard InChI is InChI=1S/C13H20/c1-7-8(2)13-11(5)9(3)10(4)12(13)6/h7-8,11H,1H2,2-6H3. The van der Waals surface area contributed by atoms with E-state index < -0.39 is 0 Å². The van der Waals surface area contributed by atoms with Crippen molar-refractivity contribution >= 4 is 0 Å². The van der Waals surface area contributed by atoms with Crippen molar-refractivity contribution in [1.29, 1.82) is 0 Å². The summed E-state index contributed by atoms with van der Waals surface area (Å²) in [5.74, 6) is 1.13. The Morgan fingerprint density at radius 3 is 2.08 bits per heavy atom. The molecule has 0 fully saturated rings. The molecule has 0 heterocycles. The monoisotopic (exact) mass is 176 g/mol. The van der Waals surface area contributed by atoms with Gasteiger partial charge in [-0.2, -0.15) is 0 Å². The first kappa shape index (κ1) is 10.3. The molecule has 0 bridgehead atoms. The highest BCUT2D eigenvalue weighted by atomic mass is 14.3. The largest absolute Gasteiger partial charge is 0.102 e. The smallest absolute Gasteiger partial charge is 0.000676 e. The predicted octanol–water partition coefficient (Wildman–Crippen LogP) is 4.11. The van der Waals surface area contributed by atoms with Gasteiger partial charge in [0.1, 0.15) is 0 Å². The van der Waals surface area contributed by atoms with Gasteiger partial charge in [0.15, 0.2) is 0 Å². The summed E-state index contributed by atoms with van der Waals surface area (Å²) >= 11 is 0. The quantitative estimate of drug-likeness (QED) is 0.555. The van der Waals surface area contributed by atoms with Gasteiger partial charge >= 0.3 is 0 Å². The van der Waals surface area contributed by atoms with Gasteiger partial charge in [0, 0.05) is 0 Å². The fourth-order valence-corrected chi connectivity index (χ4v) is 2.26. The van der Waals surface area contributed by atoms with Crippen molar-refractivity contribution in [3.8, 4) is 0 Å². The second kappa shape index (κ2) is 3.53. The van der Waals surface area contributed by atoms with Crippen molar-refractivity contribution in [1.82, 2.24) is 0 Å². The summed E-state index contributed by atoms with van der Waals surface area (Å²) in [4.78, 5) is 0. The van der Waals surface area contributed by atoms with E-state index in [-0.39, 0.29) is 0 Å².